The summed E-state index contributed by atoms with van der Waals surface area (Å²) in [7, 11) is 4.88. The van der Waals surface area contributed by atoms with Crippen LogP contribution in [0.15, 0.2) is 48.6 Å². The van der Waals surface area contributed by atoms with Gasteiger partial charge in [0.05, 0.1) is 31.9 Å². The fraction of sp³-hybridized carbons (Fsp3) is 0.500. The molecule has 2 rings (SSSR count). The predicted octanol–water partition coefficient (Wildman–Crippen LogP) is 5.30. The molecule has 0 aliphatic carbocycles. The van der Waals surface area contributed by atoms with E-state index in [4.69, 9.17) is 30.5 Å². The molecule has 36 heavy (non-hydrogen) atoms. The Hall–Kier alpha value is -2.61. The van der Waals surface area contributed by atoms with Crippen molar-refractivity contribution in [3.05, 3.63) is 59.2 Å². The minimum atomic E-state index is -0.736. The van der Waals surface area contributed by atoms with Gasteiger partial charge in [-0.3, -0.25) is 4.79 Å². The molecule has 0 saturated carbocycles. The highest BCUT2D eigenvalue weighted by Crippen LogP contribution is 2.38. The molecule has 1 aromatic rings. The zero-order valence-electron chi connectivity index (χ0n) is 22.3. The minimum Gasteiger partial charge on any atom is -0.495 e. The first kappa shape index (κ1) is 29.6. The van der Waals surface area contributed by atoms with E-state index >= 15 is 0 Å². The van der Waals surface area contributed by atoms with Gasteiger partial charge in [-0.15, -0.1) is 0 Å². The van der Waals surface area contributed by atoms with Crippen molar-refractivity contribution in [3.63, 3.8) is 0 Å². The van der Waals surface area contributed by atoms with Crippen LogP contribution in [0, 0.1) is 5.92 Å². The van der Waals surface area contributed by atoms with Gasteiger partial charge in [0.15, 0.2) is 0 Å². The lowest BCUT2D eigenvalue weighted by molar-refractivity contribution is -0.147. The van der Waals surface area contributed by atoms with Crippen LogP contribution in [0.25, 0.3) is 0 Å². The molecule has 1 amide bonds. The van der Waals surface area contributed by atoms with E-state index in [2.05, 4.69) is 20.4 Å². The second-order valence-electron chi connectivity index (χ2n) is 9.54. The number of hydrogen-bond acceptors (Lipinski definition) is 6. The summed E-state index contributed by atoms with van der Waals surface area (Å²) in [6.07, 6.45) is 7.04. The average molecular weight is 520 g/mol. The lowest BCUT2D eigenvalue weighted by Crippen LogP contribution is -2.38. The normalized spacial score (nSPS) is 19.2. The van der Waals surface area contributed by atoms with Crippen LogP contribution >= 0.6 is 11.6 Å². The molecule has 1 heterocycles. The Kier molecular flexibility index (Phi) is 10.8. The van der Waals surface area contributed by atoms with Crippen LogP contribution < -0.4 is 9.64 Å². The van der Waals surface area contributed by atoms with Gasteiger partial charge >= 0.3 is 5.97 Å². The highest BCUT2D eigenvalue weighted by Gasteiger charge is 2.50. The molecule has 0 spiro atoms. The summed E-state index contributed by atoms with van der Waals surface area (Å²) < 4.78 is 21.8. The number of allylic oxidation sites excluding steroid dienone is 3. The minimum absolute atomic E-state index is 0.0498. The molecule has 3 atom stereocenters. The lowest BCUT2D eigenvalue weighted by atomic mass is 10.0. The van der Waals surface area contributed by atoms with Gasteiger partial charge < -0.3 is 23.8 Å². The van der Waals surface area contributed by atoms with Crippen LogP contribution in [0.3, 0.4) is 0 Å². The molecule has 0 aromatic heterocycles. The number of anilines is 1. The Morgan fingerprint density at radius 2 is 1.97 bits per heavy atom. The zero-order valence-corrected chi connectivity index (χ0v) is 23.1. The fourth-order valence-electron chi connectivity index (χ4n) is 3.72. The van der Waals surface area contributed by atoms with Gasteiger partial charge in [-0.1, -0.05) is 55.8 Å². The first-order chi connectivity index (χ1) is 16.9. The Balaban J connectivity index is 2.24. The van der Waals surface area contributed by atoms with Crippen molar-refractivity contribution in [1.29, 1.82) is 0 Å². The molecule has 1 aliphatic rings. The van der Waals surface area contributed by atoms with E-state index in [9.17, 15) is 9.59 Å². The van der Waals surface area contributed by atoms with Gasteiger partial charge in [0, 0.05) is 20.2 Å². The predicted molar refractivity (Wildman–Crippen MR) is 143 cm³/mol. The third kappa shape index (κ3) is 7.95. The number of nitrogens with zero attached hydrogens (tertiary/aromatic N) is 1. The Morgan fingerprint density at radius 1 is 1.31 bits per heavy atom. The molecule has 8 heteroatoms. The number of rotatable bonds is 13. The summed E-state index contributed by atoms with van der Waals surface area (Å²) >= 11 is 6.58. The van der Waals surface area contributed by atoms with E-state index in [1.54, 1.807) is 21.1 Å². The molecule has 0 radical (unpaired) electrons. The van der Waals surface area contributed by atoms with Crippen LogP contribution in [0.5, 0.6) is 5.75 Å². The van der Waals surface area contributed by atoms with Crippen LogP contribution in [0.4, 0.5) is 5.69 Å². The van der Waals surface area contributed by atoms with E-state index in [0.717, 1.165) is 17.2 Å². The van der Waals surface area contributed by atoms with Crippen molar-refractivity contribution in [2.45, 2.75) is 58.3 Å². The maximum absolute atomic E-state index is 13.2. The standard InChI is InChI=1S/C28H38ClNO6/c1-9-26(32)36-24(28(5)17-35-28)16-25(31)30(6)21-14-20(15-23(34-8)27(21)29)13-19(4)11-10-12-22(33-7)18(2)3/h9-12,14-15,18,22,24H,1,13,16-17H2,2-8H3. The van der Waals surface area contributed by atoms with Crippen LogP contribution in [0.1, 0.15) is 39.7 Å². The molecule has 0 bridgehead atoms. The van der Waals surface area contributed by atoms with Crippen molar-refractivity contribution in [2.24, 2.45) is 5.92 Å². The molecule has 198 valence electrons. The maximum Gasteiger partial charge on any atom is 0.330 e. The molecule has 3 unspecified atom stereocenters. The molecule has 1 saturated heterocycles. The summed E-state index contributed by atoms with van der Waals surface area (Å²) in [5.74, 6) is -0.0248. The Morgan fingerprint density at radius 3 is 2.50 bits per heavy atom. The molecule has 0 N–H and O–H groups in total. The second kappa shape index (κ2) is 13.1. The zero-order chi connectivity index (χ0) is 27.0. The number of ether oxygens (including phenoxy) is 4. The first-order valence-corrected chi connectivity index (χ1v) is 12.3. The fourth-order valence-corrected chi connectivity index (χ4v) is 4.03. The van der Waals surface area contributed by atoms with E-state index in [-0.39, 0.29) is 18.4 Å². The molecular weight excluding hydrogens is 482 g/mol. The summed E-state index contributed by atoms with van der Waals surface area (Å²) in [5, 5.41) is 0.326. The largest absolute Gasteiger partial charge is 0.495 e. The van der Waals surface area contributed by atoms with Crippen LogP contribution in [-0.2, 0) is 30.2 Å². The molecule has 1 aromatic carbocycles. The summed E-state index contributed by atoms with van der Waals surface area (Å²) in [6, 6.07) is 3.74. The van der Waals surface area contributed by atoms with Crippen LogP contribution in [-0.4, -0.2) is 57.6 Å². The van der Waals surface area contributed by atoms with E-state index in [1.807, 2.05) is 37.3 Å². The number of amides is 1. The van der Waals surface area contributed by atoms with Gasteiger partial charge in [-0.05, 0) is 43.9 Å². The van der Waals surface area contributed by atoms with Crippen molar-refractivity contribution >= 4 is 29.2 Å². The highest BCUT2D eigenvalue weighted by atomic mass is 35.5. The summed E-state index contributed by atoms with van der Waals surface area (Å²) in [4.78, 5) is 26.4. The maximum atomic E-state index is 13.2. The van der Waals surface area contributed by atoms with Gasteiger partial charge in [-0.2, -0.15) is 0 Å². The van der Waals surface area contributed by atoms with Gasteiger partial charge in [0.25, 0.3) is 0 Å². The quantitative estimate of drug-likeness (QED) is 0.152. The highest BCUT2D eigenvalue weighted by molar-refractivity contribution is 6.35. The Labute approximate surface area is 219 Å². The number of halogens is 1. The van der Waals surface area contributed by atoms with Gasteiger partial charge in [-0.25, -0.2) is 4.79 Å². The number of benzene rings is 1. The third-order valence-electron chi connectivity index (χ3n) is 6.19. The molecule has 1 aliphatic heterocycles. The smallest absolute Gasteiger partial charge is 0.330 e. The number of methoxy groups -OCH3 is 2. The lowest BCUT2D eigenvalue weighted by Gasteiger charge is -2.25. The first-order valence-electron chi connectivity index (χ1n) is 11.9. The summed E-state index contributed by atoms with van der Waals surface area (Å²) in [5.41, 5.74) is 1.87. The van der Waals surface area contributed by atoms with E-state index < -0.39 is 17.7 Å². The number of carbonyl (C=O) groups is 2. The average Bonchev–Trinajstić information content (AvgIpc) is 3.59. The van der Waals surface area contributed by atoms with E-state index in [0.29, 0.717) is 35.4 Å². The molecule has 1 fully saturated rings. The van der Waals surface area contributed by atoms with Crippen molar-refractivity contribution < 1.29 is 28.5 Å². The van der Waals surface area contributed by atoms with Crippen LogP contribution in [0.2, 0.25) is 5.02 Å². The van der Waals surface area contributed by atoms with Gasteiger partial charge in [0.1, 0.15) is 22.5 Å². The number of epoxide rings is 1. The third-order valence-corrected chi connectivity index (χ3v) is 6.57. The SMILES string of the molecule is C=CC(=O)OC(CC(=O)N(C)c1cc(CC(C)=CC=CC(OC)C(C)C)cc(OC)c1Cl)C1(C)CO1. The number of carbonyl (C=O) groups excluding carboxylic acids is 2. The summed E-state index contributed by atoms with van der Waals surface area (Å²) in [6.45, 7) is 11.9. The topological polar surface area (TPSA) is 77.6 Å². The number of hydrogen-bond donors (Lipinski definition) is 0. The monoisotopic (exact) mass is 519 g/mol. The number of esters is 1. The van der Waals surface area contributed by atoms with Gasteiger partial charge in [0.2, 0.25) is 5.91 Å². The van der Waals surface area contributed by atoms with E-state index in [1.165, 1.54) is 12.0 Å². The molecular formula is C28H38ClNO6. The van der Waals surface area contributed by atoms with Crippen molar-refractivity contribution in [1.82, 2.24) is 0 Å². The Bertz CT molecular complexity index is 1010. The molecule has 7 nitrogen and oxygen atoms in total. The second-order valence-corrected chi connectivity index (χ2v) is 9.92. The van der Waals surface area contributed by atoms with Crippen molar-refractivity contribution in [3.8, 4) is 5.75 Å². The van der Waals surface area contributed by atoms with Crippen molar-refractivity contribution in [2.75, 3.05) is 32.8 Å².